The van der Waals surface area contributed by atoms with Crippen LogP contribution in [0.5, 0.6) is 5.75 Å². The van der Waals surface area contributed by atoms with E-state index in [0.29, 0.717) is 6.61 Å². The minimum absolute atomic E-state index is 0.106. The summed E-state index contributed by atoms with van der Waals surface area (Å²) < 4.78 is 5.82. The molecule has 1 aliphatic rings. The van der Waals surface area contributed by atoms with Gasteiger partial charge in [-0.2, -0.15) is 0 Å². The van der Waals surface area contributed by atoms with Gasteiger partial charge in [-0.3, -0.25) is 4.79 Å². The summed E-state index contributed by atoms with van der Waals surface area (Å²) >= 11 is 0. The first-order chi connectivity index (χ1) is 10.8. The van der Waals surface area contributed by atoms with E-state index in [2.05, 4.69) is 6.07 Å². The molecule has 0 spiro atoms. The Bertz CT molecular complexity index is 893. The van der Waals surface area contributed by atoms with Crippen LogP contribution in [0, 0.1) is 0 Å². The Balaban J connectivity index is 2.06. The Hall–Kier alpha value is -2.61. The lowest BCUT2D eigenvalue weighted by atomic mass is 9.82. The summed E-state index contributed by atoms with van der Waals surface area (Å²) in [6.45, 7) is 2.57. The Morgan fingerprint density at radius 3 is 2.68 bits per heavy atom. The van der Waals surface area contributed by atoms with Crippen molar-refractivity contribution in [3.8, 4) is 5.75 Å². The highest BCUT2D eigenvalue weighted by Gasteiger charge is 2.27. The summed E-state index contributed by atoms with van der Waals surface area (Å²) in [5.74, 6) is 0.939. The van der Waals surface area contributed by atoms with E-state index in [0.717, 1.165) is 45.2 Å². The van der Waals surface area contributed by atoms with E-state index in [9.17, 15) is 4.79 Å². The zero-order chi connectivity index (χ0) is 15.1. The van der Waals surface area contributed by atoms with Crippen molar-refractivity contribution >= 4 is 16.6 Å². The summed E-state index contributed by atoms with van der Waals surface area (Å²) in [5, 5.41) is 2.07. The summed E-state index contributed by atoms with van der Waals surface area (Å²) in [6.07, 6.45) is 0.747. The van der Waals surface area contributed by atoms with Crippen LogP contribution < -0.4 is 4.74 Å². The standard InChI is InChI=1S/C20H16O2/c1-2-22-18-12-14-8-3-5-9-15(14)19-17(18)11-13-7-4-6-10-16(13)20(19)21/h3-10,12H,2,11H2,1H3. The average Bonchev–Trinajstić information content (AvgIpc) is 2.55. The van der Waals surface area contributed by atoms with Crippen LogP contribution in [0.4, 0.5) is 0 Å². The third kappa shape index (κ3) is 1.84. The molecular weight excluding hydrogens is 272 g/mol. The topological polar surface area (TPSA) is 26.3 Å². The van der Waals surface area contributed by atoms with Gasteiger partial charge in [0, 0.05) is 23.1 Å². The SMILES string of the molecule is CCOc1cc2ccccc2c2c1Cc1ccccc1C2=O. The minimum Gasteiger partial charge on any atom is -0.494 e. The molecular formula is C20H16O2. The zero-order valence-electron chi connectivity index (χ0n) is 12.4. The van der Waals surface area contributed by atoms with Crippen LogP contribution in [0.2, 0.25) is 0 Å². The van der Waals surface area contributed by atoms with Crippen LogP contribution in [0.3, 0.4) is 0 Å². The van der Waals surface area contributed by atoms with Gasteiger partial charge in [0.15, 0.2) is 5.78 Å². The van der Waals surface area contributed by atoms with Crippen molar-refractivity contribution in [2.45, 2.75) is 13.3 Å². The fourth-order valence-corrected chi connectivity index (χ4v) is 3.30. The number of rotatable bonds is 2. The number of benzene rings is 3. The first-order valence-corrected chi connectivity index (χ1v) is 7.59. The highest BCUT2D eigenvalue weighted by molar-refractivity contribution is 6.19. The molecule has 4 rings (SSSR count). The van der Waals surface area contributed by atoms with Crippen molar-refractivity contribution in [3.63, 3.8) is 0 Å². The lowest BCUT2D eigenvalue weighted by Crippen LogP contribution is -2.17. The molecule has 0 bridgehead atoms. The first-order valence-electron chi connectivity index (χ1n) is 7.59. The van der Waals surface area contributed by atoms with E-state index in [1.807, 2.05) is 55.5 Å². The van der Waals surface area contributed by atoms with Crippen LogP contribution in [0.25, 0.3) is 10.8 Å². The molecule has 1 aliphatic carbocycles. The Labute approximate surface area is 129 Å². The molecule has 0 N–H and O–H groups in total. The van der Waals surface area contributed by atoms with Crippen molar-refractivity contribution in [2.75, 3.05) is 6.61 Å². The maximum absolute atomic E-state index is 13.0. The molecule has 0 radical (unpaired) electrons. The van der Waals surface area contributed by atoms with Gasteiger partial charge in [-0.1, -0.05) is 48.5 Å². The lowest BCUT2D eigenvalue weighted by Gasteiger charge is -2.23. The summed E-state index contributed by atoms with van der Waals surface area (Å²) in [4.78, 5) is 13.0. The van der Waals surface area contributed by atoms with Crippen molar-refractivity contribution in [1.29, 1.82) is 0 Å². The van der Waals surface area contributed by atoms with Gasteiger partial charge in [0.1, 0.15) is 5.75 Å². The van der Waals surface area contributed by atoms with Crippen molar-refractivity contribution in [3.05, 3.63) is 76.9 Å². The van der Waals surface area contributed by atoms with Gasteiger partial charge in [-0.05, 0) is 29.3 Å². The molecule has 0 saturated carbocycles. The van der Waals surface area contributed by atoms with Crippen LogP contribution >= 0.6 is 0 Å². The van der Waals surface area contributed by atoms with Crippen molar-refractivity contribution in [2.24, 2.45) is 0 Å². The number of hydrogen-bond donors (Lipinski definition) is 0. The molecule has 0 heterocycles. The summed E-state index contributed by atoms with van der Waals surface area (Å²) in [6, 6.07) is 17.9. The Morgan fingerprint density at radius 1 is 1.05 bits per heavy atom. The average molecular weight is 288 g/mol. The summed E-state index contributed by atoms with van der Waals surface area (Å²) in [7, 11) is 0. The minimum atomic E-state index is 0.106. The molecule has 108 valence electrons. The molecule has 3 aromatic carbocycles. The van der Waals surface area contributed by atoms with Crippen LogP contribution in [0.1, 0.15) is 34.0 Å². The predicted molar refractivity (Wildman–Crippen MR) is 87.8 cm³/mol. The lowest BCUT2D eigenvalue weighted by molar-refractivity contribution is 0.103. The van der Waals surface area contributed by atoms with E-state index >= 15 is 0 Å². The molecule has 0 fully saturated rings. The molecule has 0 atom stereocenters. The fourth-order valence-electron chi connectivity index (χ4n) is 3.30. The Kier molecular flexibility index (Phi) is 2.97. The van der Waals surface area contributed by atoms with Gasteiger partial charge in [0.2, 0.25) is 0 Å². The molecule has 0 aromatic heterocycles. The van der Waals surface area contributed by atoms with Crippen LogP contribution in [-0.4, -0.2) is 12.4 Å². The predicted octanol–water partition coefficient (Wildman–Crippen LogP) is 4.37. The number of ether oxygens (including phenoxy) is 1. The smallest absolute Gasteiger partial charge is 0.194 e. The largest absolute Gasteiger partial charge is 0.494 e. The van der Waals surface area contributed by atoms with Crippen molar-refractivity contribution < 1.29 is 9.53 Å². The highest BCUT2D eigenvalue weighted by Crippen LogP contribution is 2.38. The van der Waals surface area contributed by atoms with Gasteiger partial charge < -0.3 is 4.74 Å². The quantitative estimate of drug-likeness (QED) is 0.547. The summed E-state index contributed by atoms with van der Waals surface area (Å²) in [5.41, 5.74) is 3.72. The van der Waals surface area contributed by atoms with E-state index < -0.39 is 0 Å². The van der Waals surface area contributed by atoms with Gasteiger partial charge >= 0.3 is 0 Å². The van der Waals surface area contributed by atoms with E-state index in [-0.39, 0.29) is 5.78 Å². The molecule has 2 nitrogen and oxygen atoms in total. The first kappa shape index (κ1) is 13.1. The monoisotopic (exact) mass is 288 g/mol. The second-order valence-corrected chi connectivity index (χ2v) is 5.55. The molecule has 3 aromatic rings. The van der Waals surface area contributed by atoms with E-state index in [4.69, 9.17) is 4.74 Å². The van der Waals surface area contributed by atoms with Crippen LogP contribution in [0.15, 0.2) is 54.6 Å². The number of carbonyl (C=O) groups excluding carboxylic acids is 1. The molecule has 0 unspecified atom stereocenters. The molecule has 2 heteroatoms. The second kappa shape index (κ2) is 4.99. The normalized spacial score (nSPS) is 12.9. The van der Waals surface area contributed by atoms with Crippen molar-refractivity contribution in [1.82, 2.24) is 0 Å². The van der Waals surface area contributed by atoms with Gasteiger partial charge in [0.05, 0.1) is 6.61 Å². The van der Waals surface area contributed by atoms with Gasteiger partial charge in [-0.15, -0.1) is 0 Å². The van der Waals surface area contributed by atoms with E-state index in [1.54, 1.807) is 0 Å². The maximum Gasteiger partial charge on any atom is 0.194 e. The highest BCUT2D eigenvalue weighted by atomic mass is 16.5. The van der Waals surface area contributed by atoms with Gasteiger partial charge in [-0.25, -0.2) is 0 Å². The molecule has 0 aliphatic heterocycles. The molecule has 0 amide bonds. The Morgan fingerprint density at radius 2 is 1.82 bits per heavy atom. The number of ketones is 1. The third-order valence-corrected chi connectivity index (χ3v) is 4.27. The maximum atomic E-state index is 13.0. The molecule has 0 saturated heterocycles. The number of carbonyl (C=O) groups is 1. The van der Waals surface area contributed by atoms with Crippen LogP contribution in [-0.2, 0) is 6.42 Å². The molecule has 22 heavy (non-hydrogen) atoms. The fraction of sp³-hybridized carbons (Fsp3) is 0.150. The number of fused-ring (bicyclic) bond motifs is 4. The third-order valence-electron chi connectivity index (χ3n) is 4.27. The van der Waals surface area contributed by atoms with Gasteiger partial charge in [0.25, 0.3) is 0 Å². The number of hydrogen-bond acceptors (Lipinski definition) is 2. The van der Waals surface area contributed by atoms with E-state index in [1.165, 1.54) is 0 Å². The second-order valence-electron chi connectivity index (χ2n) is 5.55. The zero-order valence-corrected chi connectivity index (χ0v) is 12.4.